The molecule has 2 N–H and O–H groups in total. The number of carbonyl (C=O) groups is 2. The summed E-state index contributed by atoms with van der Waals surface area (Å²) in [7, 11) is 0. The lowest BCUT2D eigenvalue weighted by molar-refractivity contribution is -0.117. The summed E-state index contributed by atoms with van der Waals surface area (Å²) in [6.07, 6.45) is -2.37. The van der Waals surface area contributed by atoms with Crippen LogP contribution in [0.1, 0.15) is 29.6 Å². The van der Waals surface area contributed by atoms with Crippen molar-refractivity contribution in [2.24, 2.45) is 5.92 Å². The van der Waals surface area contributed by atoms with E-state index in [1.165, 1.54) is 6.07 Å². The Morgan fingerprint density at radius 3 is 2.35 bits per heavy atom. The van der Waals surface area contributed by atoms with Crippen molar-refractivity contribution in [3.8, 4) is 5.69 Å². The number of alkyl halides is 2. The maximum Gasteiger partial charge on any atom is 0.258 e. The Morgan fingerprint density at radius 2 is 1.78 bits per heavy atom. The molecule has 37 heavy (non-hydrogen) atoms. The molecule has 194 valence electrons. The Balaban J connectivity index is 1.70. The first-order chi connectivity index (χ1) is 17.5. The van der Waals surface area contributed by atoms with E-state index in [0.29, 0.717) is 29.5 Å². The molecular formula is C24H19F5N4O4. The summed E-state index contributed by atoms with van der Waals surface area (Å²) >= 11 is 0. The van der Waals surface area contributed by atoms with Crippen LogP contribution in [0.25, 0.3) is 16.7 Å². The molecule has 5 rings (SSSR count). The topological polar surface area (TPSA) is 105 Å². The van der Waals surface area contributed by atoms with Crippen LogP contribution in [0.4, 0.5) is 27.8 Å². The second kappa shape index (κ2) is 9.21. The van der Waals surface area contributed by atoms with E-state index < -0.39 is 70.4 Å². The van der Waals surface area contributed by atoms with Crippen LogP contribution >= 0.6 is 0 Å². The third kappa shape index (κ3) is 4.54. The van der Waals surface area contributed by atoms with Crippen molar-refractivity contribution in [3.05, 3.63) is 63.7 Å². The third-order valence-corrected chi connectivity index (χ3v) is 6.38. The summed E-state index contributed by atoms with van der Waals surface area (Å²) in [5.74, 6) is -6.18. The first-order valence-electron chi connectivity index (χ1n) is 11.3. The van der Waals surface area contributed by atoms with Crippen LogP contribution < -0.4 is 15.6 Å². The highest BCUT2D eigenvalue weighted by Gasteiger charge is 2.39. The van der Waals surface area contributed by atoms with E-state index in [-0.39, 0.29) is 29.8 Å². The van der Waals surface area contributed by atoms with Gasteiger partial charge in [-0.05, 0) is 30.9 Å². The number of rotatable bonds is 6. The molecule has 13 heteroatoms. The molecule has 2 aliphatic rings. The normalized spacial score (nSPS) is 18.6. The number of nitrogens with one attached hydrogen (secondary N) is 1. The van der Waals surface area contributed by atoms with E-state index in [1.807, 2.05) is 0 Å². The number of fused-ring (bicyclic) bond motifs is 1. The average Bonchev–Trinajstić information content (AvgIpc) is 3.60. The Bertz CT molecular complexity index is 1460. The zero-order valence-electron chi connectivity index (χ0n) is 18.9. The number of pyridine rings is 2. The summed E-state index contributed by atoms with van der Waals surface area (Å²) in [6.45, 7) is -0.114. The van der Waals surface area contributed by atoms with Gasteiger partial charge in [-0.25, -0.2) is 26.9 Å². The van der Waals surface area contributed by atoms with E-state index in [9.17, 15) is 41.4 Å². The smallest absolute Gasteiger partial charge is 0.258 e. The molecule has 0 unspecified atom stereocenters. The molecule has 3 aromatic rings. The molecule has 0 spiro atoms. The van der Waals surface area contributed by atoms with Crippen molar-refractivity contribution < 1.29 is 36.6 Å². The van der Waals surface area contributed by atoms with Crippen molar-refractivity contribution in [2.45, 2.75) is 37.8 Å². The fourth-order valence-corrected chi connectivity index (χ4v) is 4.42. The van der Waals surface area contributed by atoms with Gasteiger partial charge in [-0.15, -0.1) is 0 Å². The molecule has 1 aromatic carbocycles. The molecule has 2 atom stereocenters. The van der Waals surface area contributed by atoms with Crippen molar-refractivity contribution in [1.29, 1.82) is 0 Å². The Labute approximate surface area is 205 Å². The molecule has 2 amide bonds. The number of amides is 2. The lowest BCUT2D eigenvalue weighted by Crippen LogP contribution is -2.43. The van der Waals surface area contributed by atoms with E-state index >= 15 is 0 Å². The van der Waals surface area contributed by atoms with Gasteiger partial charge < -0.3 is 10.4 Å². The molecule has 2 aromatic heterocycles. The summed E-state index contributed by atoms with van der Waals surface area (Å²) in [6, 6.07) is 1.66. The predicted molar refractivity (Wildman–Crippen MR) is 120 cm³/mol. The molecular weight excluding hydrogens is 503 g/mol. The van der Waals surface area contributed by atoms with Gasteiger partial charge in [-0.3, -0.25) is 23.9 Å². The molecule has 8 nitrogen and oxygen atoms in total. The second-order valence-corrected chi connectivity index (χ2v) is 9.03. The van der Waals surface area contributed by atoms with Crippen LogP contribution in [0.2, 0.25) is 0 Å². The number of carbonyl (C=O) groups excluding carboxylic acids is 2. The SMILES string of the molecule is O=C(N[C@H](C(F)F)C1CC1)c1cn(-c2c(F)cc(F)cc2F)c2nc(N3C[C@@H](O)CC3=O)ccc2c1=O. The Kier molecular flexibility index (Phi) is 6.18. The van der Waals surface area contributed by atoms with E-state index in [0.717, 1.165) is 17.2 Å². The number of halogens is 5. The van der Waals surface area contributed by atoms with Crippen molar-refractivity contribution in [2.75, 3.05) is 11.4 Å². The van der Waals surface area contributed by atoms with E-state index in [2.05, 4.69) is 10.3 Å². The number of hydrogen-bond donors (Lipinski definition) is 2. The lowest BCUT2D eigenvalue weighted by atomic mass is 10.1. The molecule has 3 heterocycles. The monoisotopic (exact) mass is 522 g/mol. The zero-order valence-corrected chi connectivity index (χ0v) is 18.9. The van der Waals surface area contributed by atoms with Crippen molar-refractivity contribution in [3.63, 3.8) is 0 Å². The largest absolute Gasteiger partial charge is 0.391 e. The molecule has 1 aliphatic carbocycles. The summed E-state index contributed by atoms with van der Waals surface area (Å²) in [5, 5.41) is 11.6. The van der Waals surface area contributed by atoms with Crippen LogP contribution in [-0.4, -0.2) is 51.6 Å². The number of nitrogens with zero attached hydrogens (tertiary/aromatic N) is 3. The van der Waals surface area contributed by atoms with Crippen LogP contribution in [-0.2, 0) is 4.79 Å². The standard InChI is InChI=1S/C24H19F5N4O4/c25-11-5-15(26)20(16(27)6-11)33-9-14(24(37)31-19(22(28)29)10-1-2-10)21(36)13-3-4-17(30-23(13)33)32-8-12(34)7-18(32)35/h3-6,9-10,12,19,22,34H,1-2,7-8H2,(H,31,37)/t12-,19-/m0/s1. The van der Waals surface area contributed by atoms with Crippen LogP contribution in [0, 0.1) is 23.4 Å². The van der Waals surface area contributed by atoms with Gasteiger partial charge in [0.1, 0.15) is 22.9 Å². The average molecular weight is 522 g/mol. The number of aromatic nitrogens is 2. The van der Waals surface area contributed by atoms with Gasteiger partial charge in [0.2, 0.25) is 11.3 Å². The Hall–Kier alpha value is -3.87. The van der Waals surface area contributed by atoms with Gasteiger partial charge in [0.05, 0.1) is 30.5 Å². The van der Waals surface area contributed by atoms with Crippen molar-refractivity contribution in [1.82, 2.24) is 14.9 Å². The van der Waals surface area contributed by atoms with Gasteiger partial charge in [-0.1, -0.05) is 0 Å². The molecule has 1 aliphatic heterocycles. The first kappa shape index (κ1) is 24.8. The minimum absolute atomic E-state index is 0.0474. The van der Waals surface area contributed by atoms with Crippen LogP contribution in [0.5, 0.6) is 0 Å². The van der Waals surface area contributed by atoms with Crippen molar-refractivity contribution >= 4 is 28.7 Å². The maximum atomic E-state index is 14.8. The van der Waals surface area contributed by atoms with E-state index in [4.69, 9.17) is 0 Å². The number of aliphatic hydroxyl groups excluding tert-OH is 1. The van der Waals surface area contributed by atoms with Gasteiger partial charge in [0.15, 0.2) is 17.3 Å². The molecule has 1 saturated carbocycles. The molecule has 0 radical (unpaired) electrons. The zero-order chi connectivity index (χ0) is 26.6. The summed E-state index contributed by atoms with van der Waals surface area (Å²) in [4.78, 5) is 43.6. The van der Waals surface area contributed by atoms with Gasteiger partial charge >= 0.3 is 0 Å². The highest BCUT2D eigenvalue weighted by Crippen LogP contribution is 2.35. The van der Waals surface area contributed by atoms with Gasteiger partial charge in [-0.2, -0.15) is 0 Å². The Morgan fingerprint density at radius 1 is 1.11 bits per heavy atom. The number of aliphatic hydroxyl groups is 1. The van der Waals surface area contributed by atoms with Crippen LogP contribution in [0.15, 0.2) is 35.3 Å². The quantitative estimate of drug-likeness (QED) is 0.485. The minimum Gasteiger partial charge on any atom is -0.391 e. The molecule has 2 fully saturated rings. The van der Waals surface area contributed by atoms with Gasteiger partial charge in [0.25, 0.3) is 12.3 Å². The molecule has 0 bridgehead atoms. The maximum absolute atomic E-state index is 14.8. The fraction of sp³-hybridized carbons (Fsp3) is 0.333. The minimum atomic E-state index is -2.90. The predicted octanol–water partition coefficient (Wildman–Crippen LogP) is 2.67. The molecule has 1 saturated heterocycles. The number of benzene rings is 1. The number of β-amino-alcohol motifs (C(OH)–C–C–N with tert-alkyl or cyclic N) is 1. The highest BCUT2D eigenvalue weighted by molar-refractivity contribution is 5.99. The van der Waals surface area contributed by atoms with Gasteiger partial charge in [0, 0.05) is 18.3 Å². The number of hydrogen-bond acceptors (Lipinski definition) is 5. The first-order valence-corrected chi connectivity index (χ1v) is 11.3. The number of anilines is 1. The lowest BCUT2D eigenvalue weighted by Gasteiger charge is -2.20. The highest BCUT2D eigenvalue weighted by atomic mass is 19.3. The van der Waals surface area contributed by atoms with Crippen LogP contribution in [0.3, 0.4) is 0 Å². The summed E-state index contributed by atoms with van der Waals surface area (Å²) < 4.78 is 70.8. The van der Waals surface area contributed by atoms with E-state index in [1.54, 1.807) is 0 Å². The third-order valence-electron chi connectivity index (χ3n) is 6.38. The summed E-state index contributed by atoms with van der Waals surface area (Å²) in [5.41, 5.74) is -2.91. The fourth-order valence-electron chi connectivity index (χ4n) is 4.42. The second-order valence-electron chi connectivity index (χ2n) is 9.03.